The van der Waals surface area contributed by atoms with Crippen LogP contribution in [0.3, 0.4) is 0 Å². The second-order valence-corrected chi connectivity index (χ2v) is 13.9. The zero-order chi connectivity index (χ0) is 40.3. The molecule has 3 heterocycles. The van der Waals surface area contributed by atoms with Gasteiger partial charge in [-0.25, -0.2) is 0 Å². The van der Waals surface area contributed by atoms with Crippen molar-refractivity contribution in [3.05, 3.63) is 82.5 Å². The smallest absolute Gasteiger partial charge is 0.260 e. The van der Waals surface area contributed by atoms with Gasteiger partial charge < -0.3 is 69.1 Å². The Bertz CT molecular complexity index is 2020. The second-order valence-electron chi connectivity index (χ2n) is 13.9. The molecule has 8 N–H and O–H groups in total. The monoisotopic (exact) mass is 782 g/mol. The molecule has 4 aromatic rings. The lowest BCUT2D eigenvalue weighted by molar-refractivity contribution is -0.298. The van der Waals surface area contributed by atoms with Crippen molar-refractivity contribution in [2.45, 2.75) is 68.6 Å². The molecule has 0 saturated carbocycles. The molecule has 0 spiro atoms. The van der Waals surface area contributed by atoms with Gasteiger partial charge in [-0.3, -0.25) is 14.5 Å². The second kappa shape index (κ2) is 17.5. The minimum atomic E-state index is -2.06. The summed E-state index contributed by atoms with van der Waals surface area (Å²) in [6.07, 6.45) is -16.9. The highest BCUT2D eigenvalue weighted by Crippen LogP contribution is 2.36. The Morgan fingerprint density at radius 1 is 0.875 bits per heavy atom. The van der Waals surface area contributed by atoms with Crippen LogP contribution < -0.4 is 19.6 Å². The van der Waals surface area contributed by atoms with E-state index in [0.29, 0.717) is 37.5 Å². The number of benzene rings is 3. The fourth-order valence-electron chi connectivity index (χ4n) is 6.69. The van der Waals surface area contributed by atoms with Crippen LogP contribution >= 0.6 is 0 Å². The first kappa shape index (κ1) is 40.8. The van der Waals surface area contributed by atoms with Crippen molar-refractivity contribution in [2.75, 3.05) is 39.9 Å². The van der Waals surface area contributed by atoms with Gasteiger partial charge in [-0.1, -0.05) is 30.3 Å². The van der Waals surface area contributed by atoms with Crippen LogP contribution in [0.2, 0.25) is 0 Å². The van der Waals surface area contributed by atoms with Gasteiger partial charge in [0, 0.05) is 56.5 Å². The van der Waals surface area contributed by atoms with E-state index in [9.17, 15) is 50.4 Å². The number of hydrogen-bond acceptors (Lipinski definition) is 16. The lowest BCUT2D eigenvalue weighted by Crippen LogP contribution is -2.64. The zero-order valence-corrected chi connectivity index (χ0v) is 30.6. The van der Waals surface area contributed by atoms with Gasteiger partial charge in [-0.05, 0) is 30.7 Å². The molecule has 302 valence electrons. The molecule has 2 aliphatic rings. The molecule has 2 saturated heterocycles. The topological polar surface area (TPSA) is 253 Å². The van der Waals surface area contributed by atoms with Crippen molar-refractivity contribution < 1.29 is 69.0 Å². The number of hydrogen-bond donors (Lipinski definition) is 8. The number of amides is 1. The number of nitrogens with zero attached hydrogens (tertiary/aromatic N) is 2. The number of carbonyl (C=O) groups is 1. The summed E-state index contributed by atoms with van der Waals surface area (Å²) in [5.41, 5.74) is 0.755. The molecule has 1 unspecified atom stereocenters. The van der Waals surface area contributed by atoms with Gasteiger partial charge >= 0.3 is 0 Å². The number of aromatic hydroxyl groups is 1. The number of carbonyl (C=O) groups excluding carboxylic acids is 1. The third-order valence-electron chi connectivity index (χ3n) is 9.95. The van der Waals surface area contributed by atoms with E-state index in [1.165, 1.54) is 24.8 Å². The first-order chi connectivity index (χ1) is 26.7. The quantitative estimate of drug-likeness (QED) is 0.0855. The van der Waals surface area contributed by atoms with E-state index < -0.39 is 66.3 Å². The summed E-state index contributed by atoms with van der Waals surface area (Å²) in [6, 6.07) is 18.2. The number of aliphatic hydroxyl groups excluding tert-OH is 7. The summed E-state index contributed by atoms with van der Waals surface area (Å²) in [4.78, 5) is 30.4. The van der Waals surface area contributed by atoms with Crippen molar-refractivity contribution in [2.24, 2.45) is 0 Å². The molecule has 2 aliphatic heterocycles. The Hall–Kier alpha value is -4.82. The molecule has 0 radical (unpaired) electrons. The predicted octanol–water partition coefficient (Wildman–Crippen LogP) is -0.453. The Morgan fingerprint density at radius 2 is 1.59 bits per heavy atom. The summed E-state index contributed by atoms with van der Waals surface area (Å²) in [5.74, 6) is -0.460. The highest BCUT2D eigenvalue weighted by atomic mass is 16.7. The highest BCUT2D eigenvalue weighted by molar-refractivity contribution is 5.86. The SMILES string of the molecule is COc1ccc(-c2cc(=O)c3c(O)cc(OC4O[C@H]([C@H](O)[C@@H](O)[C@H](O)[C@@H](C)O)[C@@H](O)[C@H](O)[C@H]4O)cc3o2)cc1OCC(=O)N1CCN(Cc2ccccc2)CC1. The standard InChI is InChI=1S/C39H46N2O15/c1-20(42)32(46)33(47)35(49)38-36(50)34(48)37(51)39(56-38)54-23-15-24(43)31-25(44)17-27(55-29(31)16-23)22-8-9-26(52-2)28(14-22)53-19-30(45)41-12-10-40(11-13-41)18-21-6-4-3-5-7-21/h3-9,14-17,20,32-39,42-43,46-51H,10-13,18-19H2,1-2H3/t20-,32-,33+,34+,35-,36+,37-,38-,39?/m1/s1. The summed E-state index contributed by atoms with van der Waals surface area (Å²) in [5, 5.41) is 82.7. The molecule has 0 aliphatic carbocycles. The summed E-state index contributed by atoms with van der Waals surface area (Å²) < 4.78 is 28.5. The van der Waals surface area contributed by atoms with Crippen molar-refractivity contribution in [1.29, 1.82) is 0 Å². The number of methoxy groups -OCH3 is 1. The largest absolute Gasteiger partial charge is 0.507 e. The normalized spacial score (nSPS) is 23.9. The van der Waals surface area contributed by atoms with E-state index in [2.05, 4.69) is 17.0 Å². The molecular formula is C39H46N2O15. The molecule has 9 atom stereocenters. The number of phenolic OH excluding ortho intramolecular Hbond substituents is 1. The fraction of sp³-hybridized carbons (Fsp3) is 0.436. The number of ether oxygens (including phenoxy) is 4. The third kappa shape index (κ3) is 8.91. The number of fused-ring (bicyclic) bond motifs is 1. The van der Waals surface area contributed by atoms with Crippen LogP contribution in [0.1, 0.15) is 12.5 Å². The van der Waals surface area contributed by atoms with E-state index in [-0.39, 0.29) is 40.7 Å². The van der Waals surface area contributed by atoms with Gasteiger partial charge in [0.2, 0.25) is 6.29 Å². The number of rotatable bonds is 13. The van der Waals surface area contributed by atoms with Crippen LogP contribution in [0, 0.1) is 0 Å². The fourth-order valence-corrected chi connectivity index (χ4v) is 6.69. The lowest BCUT2D eigenvalue weighted by atomic mass is 9.90. The Balaban J connectivity index is 1.17. The average molecular weight is 783 g/mol. The van der Waals surface area contributed by atoms with Crippen LogP contribution in [0.15, 0.2) is 75.9 Å². The Labute approximate surface area is 320 Å². The number of phenols is 1. The number of aliphatic hydroxyl groups is 7. The molecule has 3 aromatic carbocycles. The third-order valence-corrected chi connectivity index (χ3v) is 9.95. The molecule has 6 rings (SSSR count). The van der Waals surface area contributed by atoms with Gasteiger partial charge in [0.05, 0.1) is 13.2 Å². The van der Waals surface area contributed by atoms with Gasteiger partial charge in [0.25, 0.3) is 5.91 Å². The maximum atomic E-state index is 13.2. The van der Waals surface area contributed by atoms with Gasteiger partial charge in [0.1, 0.15) is 71.0 Å². The van der Waals surface area contributed by atoms with E-state index in [1.807, 2.05) is 18.2 Å². The van der Waals surface area contributed by atoms with Crippen molar-refractivity contribution in [3.63, 3.8) is 0 Å². The predicted molar refractivity (Wildman–Crippen MR) is 197 cm³/mol. The average Bonchev–Trinajstić information content (AvgIpc) is 3.19. The van der Waals surface area contributed by atoms with E-state index >= 15 is 0 Å². The summed E-state index contributed by atoms with van der Waals surface area (Å²) >= 11 is 0. The van der Waals surface area contributed by atoms with Crippen molar-refractivity contribution in [3.8, 4) is 34.3 Å². The number of piperazine rings is 1. The van der Waals surface area contributed by atoms with Crippen LogP contribution in [0.5, 0.6) is 23.0 Å². The van der Waals surface area contributed by atoms with E-state index in [0.717, 1.165) is 25.6 Å². The van der Waals surface area contributed by atoms with Gasteiger partial charge in [-0.15, -0.1) is 0 Å². The molecule has 17 nitrogen and oxygen atoms in total. The summed E-state index contributed by atoms with van der Waals surface area (Å²) in [6.45, 7) is 4.19. The van der Waals surface area contributed by atoms with Crippen LogP contribution in [-0.4, -0.2) is 152 Å². The Morgan fingerprint density at radius 3 is 2.27 bits per heavy atom. The van der Waals surface area contributed by atoms with Crippen molar-refractivity contribution in [1.82, 2.24) is 9.80 Å². The van der Waals surface area contributed by atoms with Crippen LogP contribution in [0.25, 0.3) is 22.3 Å². The molecular weight excluding hydrogens is 736 g/mol. The van der Waals surface area contributed by atoms with Gasteiger partial charge in [-0.2, -0.15) is 0 Å². The Kier molecular flexibility index (Phi) is 12.8. The highest BCUT2D eigenvalue weighted by Gasteiger charge is 2.50. The molecule has 17 heteroatoms. The molecule has 0 bridgehead atoms. The van der Waals surface area contributed by atoms with Crippen LogP contribution in [-0.2, 0) is 16.1 Å². The maximum Gasteiger partial charge on any atom is 0.260 e. The van der Waals surface area contributed by atoms with Gasteiger partial charge in [0.15, 0.2) is 23.5 Å². The minimum absolute atomic E-state index is 0.0359. The first-order valence-electron chi connectivity index (χ1n) is 18.0. The lowest BCUT2D eigenvalue weighted by Gasteiger charge is -2.43. The molecule has 2 fully saturated rings. The van der Waals surface area contributed by atoms with Crippen LogP contribution in [0.4, 0.5) is 0 Å². The maximum absolute atomic E-state index is 13.2. The molecule has 56 heavy (non-hydrogen) atoms. The summed E-state index contributed by atoms with van der Waals surface area (Å²) in [7, 11) is 1.44. The minimum Gasteiger partial charge on any atom is -0.507 e. The molecule has 1 amide bonds. The van der Waals surface area contributed by atoms with Crippen molar-refractivity contribution >= 4 is 16.9 Å². The first-order valence-corrected chi connectivity index (χ1v) is 18.0. The van der Waals surface area contributed by atoms with E-state index in [1.54, 1.807) is 17.0 Å². The molecule has 1 aromatic heterocycles. The van der Waals surface area contributed by atoms with E-state index in [4.69, 9.17) is 23.4 Å². The zero-order valence-electron chi connectivity index (χ0n) is 30.6.